The van der Waals surface area contributed by atoms with E-state index in [2.05, 4.69) is 32.2 Å². The summed E-state index contributed by atoms with van der Waals surface area (Å²) in [4.78, 5) is 23.0. The van der Waals surface area contributed by atoms with Crippen LogP contribution in [-0.2, 0) is 0 Å². The highest BCUT2D eigenvalue weighted by atomic mass is 127. The summed E-state index contributed by atoms with van der Waals surface area (Å²) in [5, 5.41) is 29.4. The van der Waals surface area contributed by atoms with E-state index in [4.69, 9.17) is 5.53 Å². The maximum atomic E-state index is 13.2. The predicted molar refractivity (Wildman–Crippen MR) is 159 cm³/mol. The molecule has 0 radical (unpaired) electrons. The quantitative estimate of drug-likeness (QED) is 0.116. The van der Waals surface area contributed by atoms with Gasteiger partial charge in [-0.05, 0) is 106 Å². The van der Waals surface area contributed by atoms with Gasteiger partial charge in [0.2, 0.25) is 0 Å². The van der Waals surface area contributed by atoms with Gasteiger partial charge in [-0.15, -0.1) is 0 Å². The van der Waals surface area contributed by atoms with Gasteiger partial charge in [0.15, 0.2) is 0 Å². The summed E-state index contributed by atoms with van der Waals surface area (Å²) in [6.45, 7) is 4.31. The van der Waals surface area contributed by atoms with Gasteiger partial charge in [0.1, 0.15) is 5.75 Å². The maximum Gasteiger partial charge on any atom is 0.259 e. The molecule has 3 aliphatic heterocycles. The number of pyridine rings is 1. The van der Waals surface area contributed by atoms with Gasteiger partial charge < -0.3 is 15.5 Å². The molecule has 1 aromatic heterocycles. The summed E-state index contributed by atoms with van der Waals surface area (Å²) in [7, 11) is 0. The van der Waals surface area contributed by atoms with E-state index in [0.717, 1.165) is 30.5 Å². The topological polar surface area (TPSA) is 134 Å². The highest BCUT2D eigenvalue weighted by Gasteiger charge is 2.42. The average molecular weight is 724 g/mol. The van der Waals surface area contributed by atoms with E-state index in [1.807, 2.05) is 63.4 Å². The third-order valence-corrected chi connectivity index (χ3v) is 9.60. The van der Waals surface area contributed by atoms with Crippen LogP contribution >= 0.6 is 45.2 Å². The molecule has 1 amide bonds. The number of carbonyl (C=O) groups is 1. The van der Waals surface area contributed by atoms with Crippen molar-refractivity contribution in [1.82, 2.24) is 9.88 Å². The molecule has 37 heavy (non-hydrogen) atoms. The van der Waals surface area contributed by atoms with Crippen LogP contribution in [-0.4, -0.2) is 45.1 Å². The molecule has 3 fully saturated rings. The Morgan fingerprint density at radius 3 is 2.89 bits per heavy atom. The molecule has 4 heterocycles. The molecule has 2 unspecified atom stereocenters. The minimum atomic E-state index is -0.655. The number of phenols is 1. The summed E-state index contributed by atoms with van der Waals surface area (Å²) >= 11 is 3.83. The van der Waals surface area contributed by atoms with Gasteiger partial charge in [0, 0.05) is 32.7 Å². The number of aliphatic hydroxyl groups is 1. The first-order valence-corrected chi connectivity index (χ1v) is 14.4. The fourth-order valence-electron chi connectivity index (χ4n) is 5.83. The number of anilines is 1. The first-order valence-electron chi connectivity index (χ1n) is 12.2. The number of aromatic nitrogens is 1. The third-order valence-electron chi connectivity index (χ3n) is 7.75. The SMILES string of the molecule is CC[C@H]1CN2CC[C@H]1CC2[C@H](O)c1ccnc2c(NC(=O)c3cc(I)c(N=[N+]=[N-])c(I)c3O)cccc12. The van der Waals surface area contributed by atoms with Crippen molar-refractivity contribution in [3.05, 3.63) is 65.2 Å². The number of benzene rings is 2. The van der Waals surface area contributed by atoms with E-state index in [0.29, 0.717) is 30.2 Å². The Hall–Kier alpha value is -2.19. The number of azide groups is 1. The number of carbonyl (C=O) groups excluding carboxylic acids is 1. The van der Waals surface area contributed by atoms with Gasteiger partial charge in [-0.2, -0.15) is 0 Å². The van der Waals surface area contributed by atoms with E-state index in [-0.39, 0.29) is 23.0 Å². The fourth-order valence-corrected chi connectivity index (χ4v) is 7.73. The molecular weight excluding hydrogens is 698 g/mol. The number of rotatable bonds is 6. The minimum absolute atomic E-state index is 0.0652. The summed E-state index contributed by atoms with van der Waals surface area (Å²) in [5.74, 6) is 0.594. The van der Waals surface area contributed by atoms with Crippen LogP contribution in [0.5, 0.6) is 5.75 Å². The third kappa shape index (κ3) is 4.87. The Labute approximate surface area is 241 Å². The molecule has 0 spiro atoms. The van der Waals surface area contributed by atoms with Crippen LogP contribution in [0.4, 0.5) is 11.4 Å². The highest BCUT2D eigenvalue weighted by molar-refractivity contribution is 14.1. The largest absolute Gasteiger partial charge is 0.506 e. The van der Waals surface area contributed by atoms with Gasteiger partial charge in [-0.25, -0.2) is 0 Å². The number of amides is 1. The number of hydrogen-bond donors (Lipinski definition) is 3. The van der Waals surface area contributed by atoms with Crippen LogP contribution in [0.3, 0.4) is 0 Å². The second-order valence-corrected chi connectivity index (χ2v) is 11.9. The number of nitrogens with one attached hydrogen (secondary N) is 1. The number of aliphatic hydroxyl groups excluding tert-OH is 1. The molecule has 2 aromatic carbocycles. The van der Waals surface area contributed by atoms with Crippen LogP contribution < -0.4 is 5.32 Å². The number of phenolic OH excluding ortho intramolecular Hbond substituents is 1. The molecule has 6 rings (SSSR count). The Bertz CT molecular complexity index is 1430. The molecule has 3 aromatic rings. The zero-order valence-electron chi connectivity index (χ0n) is 20.1. The second-order valence-electron chi connectivity index (χ2n) is 9.62. The molecule has 3 N–H and O–H groups in total. The van der Waals surface area contributed by atoms with Crippen molar-refractivity contribution in [3.63, 3.8) is 0 Å². The lowest BCUT2D eigenvalue weighted by atomic mass is 9.72. The number of nitrogens with zero attached hydrogens (tertiary/aromatic N) is 5. The number of fused-ring (bicyclic) bond motifs is 4. The standard InChI is InChI=1S/C26H26I2N6O3/c1-2-13-12-34-9-7-14(13)10-20(34)24(35)16-6-8-30-22-15(16)4-3-5-19(22)31-26(37)17-11-18(27)23(32-33-29)21(28)25(17)36/h3-6,8,11,13-14,20,24,35-36H,2,7,9-10,12H2,1H3,(H,31,37)/t13-,14-,20?,24+/m0/s1. The Kier molecular flexibility index (Phi) is 7.78. The van der Waals surface area contributed by atoms with Crippen molar-refractivity contribution >= 4 is 73.4 Å². The molecule has 0 saturated carbocycles. The number of piperidine rings is 3. The van der Waals surface area contributed by atoms with Gasteiger partial charge >= 0.3 is 0 Å². The number of halogens is 2. The van der Waals surface area contributed by atoms with Gasteiger partial charge in [0.05, 0.1) is 32.1 Å². The highest BCUT2D eigenvalue weighted by Crippen LogP contribution is 2.43. The Morgan fingerprint density at radius 2 is 2.19 bits per heavy atom. The lowest BCUT2D eigenvalue weighted by Crippen LogP contribution is -2.55. The molecular formula is C26H26I2N6O3. The van der Waals surface area contributed by atoms with Crippen molar-refractivity contribution in [2.45, 2.75) is 38.3 Å². The lowest BCUT2D eigenvalue weighted by Gasteiger charge is -2.51. The molecule has 0 aliphatic carbocycles. The predicted octanol–water partition coefficient (Wildman–Crippen LogP) is 6.50. The molecule has 9 nitrogen and oxygen atoms in total. The van der Waals surface area contributed by atoms with E-state index < -0.39 is 12.0 Å². The number of hydrogen-bond acceptors (Lipinski definition) is 6. The van der Waals surface area contributed by atoms with Crippen LogP contribution in [0.25, 0.3) is 21.3 Å². The molecule has 192 valence electrons. The van der Waals surface area contributed by atoms with Crippen LogP contribution in [0.2, 0.25) is 0 Å². The zero-order valence-corrected chi connectivity index (χ0v) is 24.4. The lowest BCUT2D eigenvalue weighted by molar-refractivity contribution is -0.0562. The molecule has 3 aliphatic rings. The summed E-state index contributed by atoms with van der Waals surface area (Å²) < 4.78 is 0.849. The van der Waals surface area contributed by atoms with E-state index in [1.165, 1.54) is 18.9 Å². The van der Waals surface area contributed by atoms with Crippen molar-refractivity contribution in [1.29, 1.82) is 0 Å². The second kappa shape index (κ2) is 10.9. The van der Waals surface area contributed by atoms with Gasteiger partial charge in [-0.1, -0.05) is 30.6 Å². The van der Waals surface area contributed by atoms with Crippen LogP contribution in [0.1, 0.15) is 48.2 Å². The van der Waals surface area contributed by atoms with E-state index in [1.54, 1.807) is 12.3 Å². The van der Waals surface area contributed by atoms with Gasteiger partial charge in [0.25, 0.3) is 5.91 Å². The molecule has 5 atom stereocenters. The van der Waals surface area contributed by atoms with Crippen molar-refractivity contribution in [3.8, 4) is 5.75 Å². The fraction of sp³-hybridized carbons (Fsp3) is 0.385. The van der Waals surface area contributed by atoms with Crippen LogP contribution in [0.15, 0.2) is 41.6 Å². The monoisotopic (exact) mass is 724 g/mol. The molecule has 11 heteroatoms. The first-order chi connectivity index (χ1) is 17.8. The minimum Gasteiger partial charge on any atom is -0.506 e. The maximum absolute atomic E-state index is 13.2. The van der Waals surface area contributed by atoms with Crippen molar-refractivity contribution in [2.24, 2.45) is 17.0 Å². The van der Waals surface area contributed by atoms with Crippen molar-refractivity contribution in [2.75, 3.05) is 18.4 Å². The zero-order chi connectivity index (χ0) is 26.3. The summed E-state index contributed by atoms with van der Waals surface area (Å²) in [6, 6.07) is 8.92. The summed E-state index contributed by atoms with van der Waals surface area (Å²) in [5.41, 5.74) is 11.0. The number of para-hydroxylation sites is 1. The normalized spacial score (nSPS) is 23.5. The van der Waals surface area contributed by atoms with Gasteiger partial charge in [-0.3, -0.25) is 14.7 Å². The smallest absolute Gasteiger partial charge is 0.259 e. The summed E-state index contributed by atoms with van der Waals surface area (Å²) in [6.07, 6.45) is 4.37. The number of aromatic hydroxyl groups is 1. The van der Waals surface area contributed by atoms with Crippen molar-refractivity contribution < 1.29 is 15.0 Å². The molecule has 3 saturated heterocycles. The Balaban J connectivity index is 1.45. The first kappa shape index (κ1) is 26.4. The van der Waals surface area contributed by atoms with E-state index in [9.17, 15) is 15.0 Å². The average Bonchev–Trinajstić information content (AvgIpc) is 2.92. The van der Waals surface area contributed by atoms with Crippen LogP contribution in [0, 0.1) is 19.0 Å². The van der Waals surface area contributed by atoms with E-state index >= 15 is 0 Å². The Morgan fingerprint density at radius 1 is 1.38 bits per heavy atom. The molecule has 2 bridgehead atoms.